The Balaban J connectivity index is -0.0000000564. The Morgan fingerprint density at radius 2 is 1.27 bits per heavy atom. The molecule has 0 saturated carbocycles. The van der Waals surface area contributed by atoms with Crippen molar-refractivity contribution in [2.75, 3.05) is 0 Å². The maximum absolute atomic E-state index is 8.81. The molecular formula is C23H48Cl2O. The summed E-state index contributed by atoms with van der Waals surface area (Å²) < 4.78 is 0. The molecule has 0 bridgehead atoms. The normalized spacial score (nSPS) is 9.15. The van der Waals surface area contributed by atoms with Crippen molar-refractivity contribution in [2.24, 2.45) is 5.92 Å². The molecule has 0 aliphatic rings. The van der Waals surface area contributed by atoms with Gasteiger partial charge >= 0.3 is 0 Å². The molecule has 0 aliphatic carbocycles. The van der Waals surface area contributed by atoms with Gasteiger partial charge in [-0.05, 0) is 31.4 Å². The Hall–Kier alpha value is -0.530. The van der Waals surface area contributed by atoms with E-state index in [9.17, 15) is 0 Å². The van der Waals surface area contributed by atoms with Crippen molar-refractivity contribution in [1.29, 1.82) is 0 Å². The molecule has 0 fully saturated rings. The lowest BCUT2D eigenvalue weighted by molar-refractivity contribution is -0.106. The van der Waals surface area contributed by atoms with Crippen LogP contribution in [0.15, 0.2) is 34.9 Å². The Labute approximate surface area is 176 Å². The molecule has 0 heterocycles. The summed E-state index contributed by atoms with van der Waals surface area (Å²) in [5.41, 5.74) is 0. The largest absolute Gasteiger partial charge is 0.304 e. The standard InChI is InChI=1S/C9H12Cl2.C6H14.C2H4O.3C2H6/c1-3-5-6-7-9(11)8(10)4-2;1-4-6(3)5-2;1-2-3;3*1-2/h4,6-7H,2-3,5H2,1H3;6H,4-5H2,1-3H3;2H,1H3;3*1-2H3/b7-6-,9-8-;;;;;. The number of hydrogen-bond acceptors (Lipinski definition) is 1. The number of aldehydes is 1. The van der Waals surface area contributed by atoms with E-state index < -0.39 is 0 Å². The fourth-order valence-electron chi connectivity index (χ4n) is 0.819. The molecule has 1 nitrogen and oxygen atoms in total. The molecule has 0 aromatic rings. The lowest BCUT2D eigenvalue weighted by atomic mass is 10.1. The van der Waals surface area contributed by atoms with Crippen molar-refractivity contribution < 1.29 is 4.79 Å². The minimum Gasteiger partial charge on any atom is -0.304 e. The maximum Gasteiger partial charge on any atom is 0.116 e. The number of hydrogen-bond donors (Lipinski definition) is 0. The highest BCUT2D eigenvalue weighted by Gasteiger charge is 1.90. The zero-order valence-electron chi connectivity index (χ0n) is 19.6. The van der Waals surface area contributed by atoms with E-state index in [1.54, 1.807) is 6.08 Å². The summed E-state index contributed by atoms with van der Waals surface area (Å²) in [6.45, 7) is 25.8. The van der Waals surface area contributed by atoms with E-state index in [1.807, 2.05) is 47.6 Å². The molecular weight excluding hydrogens is 363 g/mol. The fraction of sp³-hybridized carbons (Fsp3) is 0.696. The van der Waals surface area contributed by atoms with Gasteiger partial charge in [-0.25, -0.2) is 0 Å². The van der Waals surface area contributed by atoms with E-state index in [2.05, 4.69) is 34.3 Å². The van der Waals surface area contributed by atoms with Crippen LogP contribution >= 0.6 is 23.2 Å². The van der Waals surface area contributed by atoms with E-state index in [0.717, 1.165) is 25.0 Å². The second-order valence-corrected chi connectivity index (χ2v) is 5.06. The fourth-order valence-corrected chi connectivity index (χ4v) is 1.05. The maximum atomic E-state index is 8.81. The summed E-state index contributed by atoms with van der Waals surface area (Å²) in [6, 6.07) is 0. The molecule has 26 heavy (non-hydrogen) atoms. The van der Waals surface area contributed by atoms with E-state index in [0.29, 0.717) is 10.1 Å². The van der Waals surface area contributed by atoms with Crippen molar-refractivity contribution in [3.05, 3.63) is 34.9 Å². The van der Waals surface area contributed by atoms with Gasteiger partial charge in [0.15, 0.2) is 0 Å². The zero-order valence-corrected chi connectivity index (χ0v) is 21.1. The van der Waals surface area contributed by atoms with Gasteiger partial charge in [-0.1, -0.05) is 124 Å². The van der Waals surface area contributed by atoms with Gasteiger partial charge < -0.3 is 4.79 Å². The molecule has 0 rings (SSSR count). The van der Waals surface area contributed by atoms with Crippen LogP contribution in [0.5, 0.6) is 0 Å². The van der Waals surface area contributed by atoms with Crippen LogP contribution in [-0.2, 0) is 4.79 Å². The molecule has 0 saturated heterocycles. The molecule has 3 heteroatoms. The first-order valence-corrected chi connectivity index (χ1v) is 10.9. The average Bonchev–Trinajstić information content (AvgIpc) is 2.72. The summed E-state index contributed by atoms with van der Waals surface area (Å²) in [4.78, 5) is 8.81. The Kier molecular flexibility index (Phi) is 76.9. The zero-order chi connectivity index (χ0) is 22.4. The van der Waals surface area contributed by atoms with Gasteiger partial charge in [0.2, 0.25) is 0 Å². The third-order valence-electron chi connectivity index (χ3n) is 2.52. The number of carbonyl (C=O) groups is 1. The number of carbonyl (C=O) groups excluding carboxylic acids is 1. The van der Waals surface area contributed by atoms with Crippen LogP contribution in [0.3, 0.4) is 0 Å². The van der Waals surface area contributed by atoms with Gasteiger partial charge in [-0.15, -0.1) is 0 Å². The number of rotatable bonds is 6. The lowest BCUT2D eigenvalue weighted by Gasteiger charge is -1.98. The third kappa shape index (κ3) is 56.6. The van der Waals surface area contributed by atoms with Crippen molar-refractivity contribution in [3.63, 3.8) is 0 Å². The number of halogens is 2. The monoisotopic (exact) mass is 410 g/mol. The highest BCUT2D eigenvalue weighted by atomic mass is 35.5. The van der Waals surface area contributed by atoms with E-state index in [4.69, 9.17) is 28.0 Å². The van der Waals surface area contributed by atoms with Crippen LogP contribution in [-0.4, -0.2) is 6.29 Å². The predicted octanol–water partition coefficient (Wildman–Crippen LogP) is 9.94. The molecule has 0 unspecified atom stereocenters. The summed E-state index contributed by atoms with van der Waals surface area (Å²) in [5, 5.41) is 1.05. The van der Waals surface area contributed by atoms with E-state index in [-0.39, 0.29) is 0 Å². The summed E-state index contributed by atoms with van der Waals surface area (Å²) in [6.07, 6.45) is 10.9. The van der Waals surface area contributed by atoms with E-state index >= 15 is 0 Å². The Morgan fingerprint density at radius 3 is 1.46 bits per heavy atom. The highest BCUT2D eigenvalue weighted by molar-refractivity contribution is 6.41. The summed E-state index contributed by atoms with van der Waals surface area (Å²) >= 11 is 11.4. The van der Waals surface area contributed by atoms with Crippen molar-refractivity contribution in [1.82, 2.24) is 0 Å². The Morgan fingerprint density at radius 1 is 0.923 bits per heavy atom. The van der Waals surface area contributed by atoms with Crippen LogP contribution in [0, 0.1) is 5.92 Å². The smallest absolute Gasteiger partial charge is 0.116 e. The van der Waals surface area contributed by atoms with Crippen molar-refractivity contribution in [2.45, 2.75) is 102 Å². The average molecular weight is 412 g/mol. The molecule has 0 radical (unpaired) electrons. The van der Waals surface area contributed by atoms with Crippen LogP contribution in [0.25, 0.3) is 0 Å². The van der Waals surface area contributed by atoms with Crippen molar-refractivity contribution >= 4 is 29.5 Å². The Bertz CT molecular complexity index is 278. The molecule has 0 aliphatic heterocycles. The van der Waals surface area contributed by atoms with Crippen molar-refractivity contribution in [3.8, 4) is 0 Å². The van der Waals surface area contributed by atoms with E-state index in [1.165, 1.54) is 25.8 Å². The van der Waals surface area contributed by atoms with Crippen LogP contribution in [0.4, 0.5) is 0 Å². The second-order valence-electron chi connectivity index (χ2n) is 4.25. The number of allylic oxidation sites excluding steroid dienone is 5. The summed E-state index contributed by atoms with van der Waals surface area (Å²) in [7, 11) is 0. The molecule has 0 spiro atoms. The third-order valence-corrected chi connectivity index (χ3v) is 3.30. The van der Waals surface area contributed by atoms with Gasteiger partial charge in [0.25, 0.3) is 0 Å². The molecule has 160 valence electrons. The first-order chi connectivity index (χ1) is 12.4. The quantitative estimate of drug-likeness (QED) is 0.314. The van der Waals surface area contributed by atoms with Crippen LogP contribution in [0.2, 0.25) is 0 Å². The van der Waals surface area contributed by atoms with Crippen LogP contribution < -0.4 is 0 Å². The molecule has 0 N–H and O–H groups in total. The first-order valence-electron chi connectivity index (χ1n) is 10.2. The first kappa shape index (κ1) is 40.2. The number of unbranched alkanes of at least 4 members (excludes halogenated alkanes) is 1. The van der Waals surface area contributed by atoms with Crippen LogP contribution in [0.1, 0.15) is 102 Å². The second kappa shape index (κ2) is 49.7. The molecule has 0 aromatic carbocycles. The molecule has 0 atom stereocenters. The summed E-state index contributed by atoms with van der Waals surface area (Å²) in [5.74, 6) is 0.935. The minimum atomic E-state index is 0.499. The predicted molar refractivity (Wildman–Crippen MR) is 129 cm³/mol. The highest BCUT2D eigenvalue weighted by Crippen LogP contribution is 2.15. The lowest BCUT2D eigenvalue weighted by Crippen LogP contribution is -1.85. The minimum absolute atomic E-state index is 0.499. The molecule has 0 amide bonds. The van der Waals surface area contributed by atoms with Gasteiger partial charge in [0, 0.05) is 0 Å². The van der Waals surface area contributed by atoms with Gasteiger partial charge in [0.1, 0.15) is 6.29 Å². The van der Waals surface area contributed by atoms with Gasteiger partial charge in [0.05, 0.1) is 10.1 Å². The molecule has 0 aromatic heterocycles. The van der Waals surface area contributed by atoms with Gasteiger partial charge in [-0.3, -0.25) is 0 Å². The van der Waals surface area contributed by atoms with Gasteiger partial charge in [-0.2, -0.15) is 0 Å². The topological polar surface area (TPSA) is 17.1 Å². The SMILES string of the molecule is C=C/C(Cl)=C(Cl)\C=C/CCC.CC.CC.CC.CC=O.CCC(C)CC.